The number of hydrogen-bond acceptors (Lipinski definition) is 4. The highest BCUT2D eigenvalue weighted by Crippen LogP contribution is 2.36. The van der Waals surface area contributed by atoms with E-state index in [-0.39, 0.29) is 24.0 Å². The first-order valence-corrected chi connectivity index (χ1v) is 7.24. The Morgan fingerprint density at radius 2 is 2.00 bits per heavy atom. The van der Waals surface area contributed by atoms with Crippen molar-refractivity contribution in [1.29, 1.82) is 0 Å². The highest BCUT2D eigenvalue weighted by molar-refractivity contribution is 5.81. The molecular weight excluding hydrogens is 268 g/mol. The Hall–Kier alpha value is -1.75. The predicted octanol–water partition coefficient (Wildman–Crippen LogP) is 1.79. The first-order valence-electron chi connectivity index (χ1n) is 7.24. The molecule has 1 aliphatic heterocycles. The van der Waals surface area contributed by atoms with Gasteiger partial charge in [0.15, 0.2) is 11.5 Å². The zero-order valence-corrected chi connectivity index (χ0v) is 13.1. The van der Waals surface area contributed by atoms with Gasteiger partial charge in [0, 0.05) is 12.0 Å². The van der Waals surface area contributed by atoms with Gasteiger partial charge >= 0.3 is 0 Å². The molecular formula is C16H24N2O3. The van der Waals surface area contributed by atoms with Crippen molar-refractivity contribution < 1.29 is 14.3 Å². The van der Waals surface area contributed by atoms with Crippen molar-refractivity contribution in [2.24, 2.45) is 11.7 Å². The second-order valence-corrected chi connectivity index (χ2v) is 6.44. The van der Waals surface area contributed by atoms with Crippen molar-refractivity contribution in [2.75, 3.05) is 13.3 Å². The Kier molecular flexibility index (Phi) is 4.42. The van der Waals surface area contributed by atoms with Gasteiger partial charge in [-0.25, -0.2) is 0 Å². The third-order valence-electron chi connectivity index (χ3n) is 3.88. The normalized spacial score (nSPS) is 15.1. The van der Waals surface area contributed by atoms with Crippen LogP contribution in [0.1, 0.15) is 33.3 Å². The Bertz CT molecular complexity index is 526. The second-order valence-electron chi connectivity index (χ2n) is 6.44. The van der Waals surface area contributed by atoms with Crippen LogP contribution < -0.4 is 20.5 Å². The summed E-state index contributed by atoms with van der Waals surface area (Å²) < 4.78 is 10.7. The summed E-state index contributed by atoms with van der Waals surface area (Å²) >= 11 is 0. The number of rotatable bonds is 5. The van der Waals surface area contributed by atoms with Crippen molar-refractivity contribution in [1.82, 2.24) is 5.32 Å². The third kappa shape index (κ3) is 3.47. The molecule has 1 aromatic carbocycles. The summed E-state index contributed by atoms with van der Waals surface area (Å²) in [5.41, 5.74) is 6.73. The van der Waals surface area contributed by atoms with Gasteiger partial charge in [-0.1, -0.05) is 33.8 Å². The molecule has 0 saturated carbocycles. The number of hydrogen-bond donors (Lipinski definition) is 2. The third-order valence-corrected chi connectivity index (χ3v) is 3.88. The Morgan fingerprint density at radius 3 is 2.67 bits per heavy atom. The molecule has 0 spiro atoms. The van der Waals surface area contributed by atoms with Gasteiger partial charge in [-0.2, -0.15) is 0 Å². The van der Waals surface area contributed by atoms with Gasteiger partial charge in [-0.3, -0.25) is 4.79 Å². The minimum Gasteiger partial charge on any atom is -0.454 e. The number of benzene rings is 1. The fourth-order valence-electron chi connectivity index (χ4n) is 2.15. The molecule has 0 aromatic heterocycles. The molecule has 0 bridgehead atoms. The summed E-state index contributed by atoms with van der Waals surface area (Å²) in [6.45, 7) is 8.81. The number of amides is 1. The zero-order chi connectivity index (χ0) is 15.6. The van der Waals surface area contributed by atoms with Gasteiger partial charge in [0.05, 0.1) is 6.04 Å². The predicted molar refractivity (Wildman–Crippen MR) is 81.4 cm³/mol. The molecule has 0 aliphatic carbocycles. The van der Waals surface area contributed by atoms with E-state index in [1.807, 2.05) is 32.0 Å². The van der Waals surface area contributed by atoms with Crippen molar-refractivity contribution in [3.05, 3.63) is 23.8 Å². The fraction of sp³-hybridized carbons (Fsp3) is 0.562. The van der Waals surface area contributed by atoms with E-state index >= 15 is 0 Å². The lowest BCUT2D eigenvalue weighted by Crippen LogP contribution is -2.47. The molecule has 0 radical (unpaired) electrons. The van der Waals surface area contributed by atoms with E-state index in [2.05, 4.69) is 19.2 Å². The molecule has 1 atom stereocenters. The summed E-state index contributed by atoms with van der Waals surface area (Å²) in [5.74, 6) is 1.53. The van der Waals surface area contributed by atoms with E-state index in [4.69, 9.17) is 15.2 Å². The molecule has 5 heteroatoms. The van der Waals surface area contributed by atoms with Crippen molar-refractivity contribution in [2.45, 2.75) is 39.2 Å². The van der Waals surface area contributed by atoms with Crippen LogP contribution in [0, 0.1) is 5.92 Å². The van der Waals surface area contributed by atoms with E-state index in [0.717, 1.165) is 17.1 Å². The van der Waals surface area contributed by atoms with E-state index in [0.29, 0.717) is 6.54 Å². The van der Waals surface area contributed by atoms with Crippen LogP contribution >= 0.6 is 0 Å². The summed E-state index contributed by atoms with van der Waals surface area (Å²) in [4.78, 5) is 12.0. The van der Waals surface area contributed by atoms with Gasteiger partial charge in [0.25, 0.3) is 0 Å². The van der Waals surface area contributed by atoms with E-state index in [1.165, 1.54) is 0 Å². The van der Waals surface area contributed by atoms with Gasteiger partial charge in [-0.05, 0) is 23.6 Å². The Morgan fingerprint density at radius 1 is 1.33 bits per heavy atom. The van der Waals surface area contributed by atoms with Gasteiger partial charge in [0.1, 0.15) is 0 Å². The van der Waals surface area contributed by atoms with E-state index in [1.54, 1.807) is 0 Å². The minimum atomic E-state index is -0.474. The molecule has 0 fully saturated rings. The van der Waals surface area contributed by atoms with Gasteiger partial charge in [0.2, 0.25) is 12.7 Å². The molecule has 1 heterocycles. The minimum absolute atomic E-state index is 0.112. The van der Waals surface area contributed by atoms with Crippen LogP contribution in [0.25, 0.3) is 0 Å². The van der Waals surface area contributed by atoms with Crippen molar-refractivity contribution >= 4 is 5.91 Å². The van der Waals surface area contributed by atoms with Crippen LogP contribution in [0.2, 0.25) is 0 Å². The number of carbonyl (C=O) groups excluding carboxylic acids is 1. The van der Waals surface area contributed by atoms with Crippen LogP contribution in [-0.4, -0.2) is 25.3 Å². The SMILES string of the molecule is CC(C)[C@H](N)C(=O)NCC(C)(C)c1ccc2c(c1)OCO2. The lowest BCUT2D eigenvalue weighted by atomic mass is 9.84. The lowest BCUT2D eigenvalue weighted by Gasteiger charge is -2.27. The van der Waals surface area contributed by atoms with Gasteiger partial charge < -0.3 is 20.5 Å². The number of fused-ring (bicyclic) bond motifs is 1. The highest BCUT2D eigenvalue weighted by Gasteiger charge is 2.26. The maximum atomic E-state index is 12.0. The quantitative estimate of drug-likeness (QED) is 0.868. The van der Waals surface area contributed by atoms with Crippen LogP contribution in [0.5, 0.6) is 11.5 Å². The van der Waals surface area contributed by atoms with E-state index in [9.17, 15) is 4.79 Å². The summed E-state index contributed by atoms with van der Waals surface area (Å²) in [6.07, 6.45) is 0. The van der Waals surface area contributed by atoms with Crippen LogP contribution in [0.3, 0.4) is 0 Å². The maximum Gasteiger partial charge on any atom is 0.237 e. The second kappa shape index (κ2) is 5.93. The molecule has 21 heavy (non-hydrogen) atoms. The van der Waals surface area contributed by atoms with Crippen LogP contribution in [-0.2, 0) is 10.2 Å². The molecule has 0 unspecified atom stereocenters. The first-order chi connectivity index (χ1) is 9.81. The Labute approximate surface area is 125 Å². The Balaban J connectivity index is 2.03. The lowest BCUT2D eigenvalue weighted by molar-refractivity contribution is -0.123. The largest absolute Gasteiger partial charge is 0.454 e. The maximum absolute atomic E-state index is 12.0. The molecule has 1 aromatic rings. The summed E-state index contributed by atoms with van der Waals surface area (Å²) in [6, 6.07) is 5.40. The fourth-order valence-corrected chi connectivity index (χ4v) is 2.15. The average Bonchev–Trinajstić information content (AvgIpc) is 2.91. The average molecular weight is 292 g/mol. The topological polar surface area (TPSA) is 73.6 Å². The molecule has 0 saturated heterocycles. The van der Waals surface area contributed by atoms with Crippen LogP contribution in [0.15, 0.2) is 18.2 Å². The molecule has 1 aliphatic rings. The standard InChI is InChI=1S/C16H24N2O3/c1-10(2)14(17)15(19)18-8-16(3,4)11-5-6-12-13(7-11)21-9-20-12/h5-7,10,14H,8-9,17H2,1-4H3,(H,18,19)/t14-/m0/s1. The molecule has 116 valence electrons. The van der Waals surface area contributed by atoms with Crippen LogP contribution in [0.4, 0.5) is 0 Å². The van der Waals surface area contributed by atoms with Crippen molar-refractivity contribution in [3.63, 3.8) is 0 Å². The summed E-state index contributed by atoms with van der Waals surface area (Å²) in [5, 5.41) is 2.93. The van der Waals surface area contributed by atoms with Crippen molar-refractivity contribution in [3.8, 4) is 11.5 Å². The highest BCUT2D eigenvalue weighted by atomic mass is 16.7. The summed E-state index contributed by atoms with van der Waals surface area (Å²) in [7, 11) is 0. The first kappa shape index (κ1) is 15.6. The molecule has 3 N–H and O–H groups in total. The number of ether oxygens (including phenoxy) is 2. The number of nitrogens with two attached hydrogens (primary N) is 1. The molecule has 2 rings (SSSR count). The van der Waals surface area contributed by atoms with Gasteiger partial charge in [-0.15, -0.1) is 0 Å². The molecule has 5 nitrogen and oxygen atoms in total. The molecule has 1 amide bonds. The number of carbonyl (C=O) groups is 1. The monoisotopic (exact) mass is 292 g/mol. The number of nitrogens with one attached hydrogen (secondary N) is 1. The van der Waals surface area contributed by atoms with E-state index < -0.39 is 6.04 Å². The zero-order valence-electron chi connectivity index (χ0n) is 13.1. The smallest absolute Gasteiger partial charge is 0.237 e.